The third kappa shape index (κ3) is 3.61. The van der Waals surface area contributed by atoms with Gasteiger partial charge in [-0.1, -0.05) is 12.1 Å². The van der Waals surface area contributed by atoms with E-state index in [1.165, 1.54) is 6.08 Å². The first-order valence-corrected chi connectivity index (χ1v) is 6.83. The van der Waals surface area contributed by atoms with Crippen LogP contribution in [-0.4, -0.2) is 28.8 Å². The number of sulfone groups is 1. The molecule has 0 radical (unpaired) electrons. The number of hydrogen-bond acceptors (Lipinski definition) is 4. The van der Waals surface area contributed by atoms with Crippen LogP contribution in [0.15, 0.2) is 29.2 Å². The van der Waals surface area contributed by atoms with E-state index in [9.17, 15) is 8.42 Å². The van der Waals surface area contributed by atoms with Crippen molar-refractivity contribution in [2.45, 2.75) is 0 Å². The highest BCUT2D eigenvalue weighted by molar-refractivity contribution is 7.95. The summed E-state index contributed by atoms with van der Waals surface area (Å²) in [4.78, 5) is 1.71. The van der Waals surface area contributed by atoms with Crippen LogP contribution < -0.4 is 4.90 Å². The summed E-state index contributed by atoms with van der Waals surface area (Å²) < 4.78 is 22.5. The van der Waals surface area contributed by atoms with E-state index in [2.05, 4.69) is 0 Å². The Morgan fingerprint density at radius 3 is 2.18 bits per heavy atom. The van der Waals surface area contributed by atoms with Gasteiger partial charge in [0.1, 0.15) is 11.0 Å². The van der Waals surface area contributed by atoms with E-state index >= 15 is 0 Å². The third-order valence-corrected chi connectivity index (χ3v) is 3.22. The Labute approximate surface area is 102 Å². The van der Waals surface area contributed by atoms with Crippen molar-refractivity contribution in [3.8, 4) is 6.07 Å². The summed E-state index contributed by atoms with van der Waals surface area (Å²) >= 11 is 0. The molecule has 1 aromatic carbocycles. The second-order valence-electron chi connectivity index (χ2n) is 3.88. The van der Waals surface area contributed by atoms with Crippen LogP contribution >= 0.6 is 0 Å². The minimum Gasteiger partial charge on any atom is -0.378 e. The number of rotatable bonds is 3. The summed E-state index contributed by atoms with van der Waals surface area (Å²) in [5, 5.41) is 8.76. The minimum atomic E-state index is -3.45. The van der Waals surface area contributed by atoms with Crippen molar-refractivity contribution in [1.82, 2.24) is 0 Å². The quantitative estimate of drug-likeness (QED) is 0.765. The van der Waals surface area contributed by atoms with Gasteiger partial charge in [0.05, 0.1) is 0 Å². The highest BCUT2D eigenvalue weighted by Crippen LogP contribution is 2.16. The second-order valence-corrected chi connectivity index (χ2v) is 5.86. The molecule has 0 heterocycles. The van der Waals surface area contributed by atoms with Crippen LogP contribution in [0.25, 0.3) is 6.08 Å². The SMILES string of the molecule is CN(C)c1ccc(C=C(C#N)S(C)(=O)=O)cc1. The lowest BCUT2D eigenvalue weighted by Crippen LogP contribution is -2.08. The smallest absolute Gasteiger partial charge is 0.185 e. The summed E-state index contributed by atoms with van der Waals surface area (Å²) in [7, 11) is 0.387. The molecule has 0 aromatic heterocycles. The van der Waals surface area contributed by atoms with Crippen LogP contribution in [0.1, 0.15) is 5.56 Å². The summed E-state index contributed by atoms with van der Waals surface area (Å²) in [5.74, 6) is 0. The predicted molar refractivity (Wildman–Crippen MR) is 69.2 cm³/mol. The van der Waals surface area contributed by atoms with E-state index in [-0.39, 0.29) is 4.91 Å². The minimum absolute atomic E-state index is 0.227. The number of hydrogen-bond donors (Lipinski definition) is 0. The molecule has 0 amide bonds. The molecule has 5 heteroatoms. The molecule has 1 aromatic rings. The molecule has 4 nitrogen and oxygen atoms in total. The fourth-order valence-electron chi connectivity index (χ4n) is 1.24. The van der Waals surface area contributed by atoms with Gasteiger partial charge in [0.25, 0.3) is 0 Å². The number of anilines is 1. The topological polar surface area (TPSA) is 61.2 Å². The van der Waals surface area contributed by atoms with Crippen LogP contribution in [0.3, 0.4) is 0 Å². The van der Waals surface area contributed by atoms with Gasteiger partial charge < -0.3 is 4.90 Å². The van der Waals surface area contributed by atoms with Crippen molar-refractivity contribution in [2.24, 2.45) is 0 Å². The lowest BCUT2D eigenvalue weighted by molar-refractivity contribution is 0.609. The maximum atomic E-state index is 11.2. The van der Waals surface area contributed by atoms with Crippen LogP contribution in [0.5, 0.6) is 0 Å². The molecule has 1 rings (SSSR count). The van der Waals surface area contributed by atoms with Gasteiger partial charge in [-0.05, 0) is 23.8 Å². The highest BCUT2D eigenvalue weighted by Gasteiger charge is 2.10. The standard InChI is InChI=1S/C12H14N2O2S/c1-14(2)11-6-4-10(5-7-11)8-12(9-13)17(3,15)16/h4-8H,1-3H3. The zero-order valence-corrected chi connectivity index (χ0v) is 10.8. The predicted octanol–water partition coefficient (Wildman–Crippen LogP) is 1.66. The molecule has 0 spiro atoms. The molecule has 0 unspecified atom stereocenters. The van der Waals surface area contributed by atoms with Gasteiger partial charge in [-0.2, -0.15) is 5.26 Å². The summed E-state index contributed by atoms with van der Waals surface area (Å²) in [5.41, 5.74) is 1.71. The molecule has 0 aliphatic heterocycles. The van der Waals surface area contributed by atoms with Crippen LogP contribution in [0.2, 0.25) is 0 Å². The Morgan fingerprint density at radius 1 is 1.29 bits per heavy atom. The van der Waals surface area contributed by atoms with Gasteiger partial charge in [-0.15, -0.1) is 0 Å². The maximum absolute atomic E-state index is 11.2. The lowest BCUT2D eigenvalue weighted by Gasteiger charge is -2.11. The molecule has 0 fully saturated rings. The Hall–Kier alpha value is -1.80. The van der Waals surface area contributed by atoms with Gasteiger partial charge in [0.2, 0.25) is 0 Å². The number of benzene rings is 1. The Bertz CT molecular complexity index is 564. The maximum Gasteiger partial charge on any atom is 0.185 e. The molecular weight excluding hydrogens is 236 g/mol. The van der Waals surface area contributed by atoms with E-state index in [1.54, 1.807) is 18.2 Å². The van der Waals surface area contributed by atoms with Crippen LogP contribution in [-0.2, 0) is 9.84 Å². The monoisotopic (exact) mass is 250 g/mol. The molecular formula is C12H14N2O2S. The van der Waals surface area contributed by atoms with Gasteiger partial charge >= 0.3 is 0 Å². The van der Waals surface area contributed by atoms with Crippen LogP contribution in [0.4, 0.5) is 5.69 Å². The molecule has 17 heavy (non-hydrogen) atoms. The Balaban J connectivity index is 3.12. The second kappa shape index (κ2) is 5.02. The zero-order valence-electron chi connectivity index (χ0n) is 10.0. The molecule has 0 bridgehead atoms. The van der Waals surface area contributed by atoms with Crippen molar-refractivity contribution in [3.05, 3.63) is 34.7 Å². The first kappa shape index (κ1) is 13.3. The largest absolute Gasteiger partial charge is 0.378 e. The fraction of sp³-hybridized carbons (Fsp3) is 0.250. The normalized spacial score (nSPS) is 12.0. The summed E-state index contributed by atoms with van der Waals surface area (Å²) in [6, 6.07) is 8.97. The van der Waals surface area contributed by atoms with Crippen molar-refractivity contribution in [1.29, 1.82) is 5.26 Å². The summed E-state index contributed by atoms with van der Waals surface area (Å²) in [6.45, 7) is 0. The first-order chi connectivity index (χ1) is 7.84. The Morgan fingerprint density at radius 2 is 1.82 bits per heavy atom. The van der Waals surface area contributed by atoms with Crippen molar-refractivity contribution in [2.75, 3.05) is 25.3 Å². The van der Waals surface area contributed by atoms with Gasteiger partial charge in [-0.25, -0.2) is 8.42 Å². The molecule has 90 valence electrons. The number of nitriles is 1. The van der Waals surface area contributed by atoms with Crippen LogP contribution in [0, 0.1) is 11.3 Å². The molecule has 0 aliphatic rings. The highest BCUT2D eigenvalue weighted by atomic mass is 32.2. The van der Waals surface area contributed by atoms with Crippen molar-refractivity contribution in [3.63, 3.8) is 0 Å². The summed E-state index contributed by atoms with van der Waals surface area (Å²) in [6.07, 6.45) is 2.39. The molecule has 0 atom stereocenters. The van der Waals surface area contributed by atoms with E-state index in [0.717, 1.165) is 11.9 Å². The third-order valence-electron chi connectivity index (χ3n) is 2.22. The van der Waals surface area contributed by atoms with E-state index < -0.39 is 9.84 Å². The number of nitrogens with zero attached hydrogens (tertiary/aromatic N) is 2. The van der Waals surface area contributed by atoms with Gasteiger partial charge in [0.15, 0.2) is 9.84 Å². The average Bonchev–Trinajstić information content (AvgIpc) is 2.24. The number of allylic oxidation sites excluding steroid dienone is 1. The lowest BCUT2D eigenvalue weighted by atomic mass is 10.2. The average molecular weight is 250 g/mol. The van der Waals surface area contributed by atoms with Gasteiger partial charge in [0, 0.05) is 26.0 Å². The van der Waals surface area contributed by atoms with E-state index in [1.807, 2.05) is 31.1 Å². The Kier molecular flexibility index (Phi) is 3.92. The van der Waals surface area contributed by atoms with Gasteiger partial charge in [-0.3, -0.25) is 0 Å². The first-order valence-electron chi connectivity index (χ1n) is 4.94. The molecule has 0 saturated carbocycles. The van der Waals surface area contributed by atoms with Crippen molar-refractivity contribution >= 4 is 21.6 Å². The molecule has 0 saturated heterocycles. The van der Waals surface area contributed by atoms with E-state index in [0.29, 0.717) is 5.56 Å². The molecule has 0 N–H and O–H groups in total. The zero-order chi connectivity index (χ0) is 13.1. The van der Waals surface area contributed by atoms with E-state index in [4.69, 9.17) is 5.26 Å². The molecule has 0 aliphatic carbocycles. The fourth-order valence-corrected chi connectivity index (χ4v) is 1.76. The van der Waals surface area contributed by atoms with Crippen molar-refractivity contribution < 1.29 is 8.42 Å².